The zero-order valence-corrected chi connectivity index (χ0v) is 47.9. The van der Waals surface area contributed by atoms with Gasteiger partial charge in [0, 0.05) is 11.8 Å². The average molecular weight is 1120 g/mol. The number of carboxylic acids is 1. The van der Waals surface area contributed by atoms with Crippen LogP contribution in [0.4, 0.5) is 13.2 Å². The lowest BCUT2D eigenvalue weighted by molar-refractivity contribution is -0.190. The standard InChI is InChI=1S/C13H6F3NO5S.C13H22O2.C10H18O3.C10H14.C7H14O3.C5H10O2/c14-13(15,16)23(20,21)22-17-11(18)8-5-1-3-7-4-2-6-9(10(7)8)12(17)19;1-3-9(2)13(14)15-8-10-4-5-11-7-12(11)6-10;1-3-8(2)10(11)13-9-6-4-5-7-12-9;1-3-9(2)10-7-5-4-6-8-10;1-3-6(2)7(9)10-5-4-8;1-3-4(2)5(6)7/h1-6H;9-12H,3-8H2,1-2H3;8-9H,3-7H2,1-2H3;4-9H,3H2,1-2H3;6,8H,3-5H2,1-2H3;4H,3H2,1-2H3,(H,6,7). The maximum atomic E-state index is 12.4. The van der Waals surface area contributed by atoms with E-state index in [1.807, 2.05) is 41.5 Å². The minimum absolute atomic E-state index is 0.00424. The number of aliphatic hydroxyl groups is 1. The van der Waals surface area contributed by atoms with Crippen molar-refractivity contribution in [1.82, 2.24) is 5.06 Å². The maximum Gasteiger partial charge on any atom is 0.525 e. The summed E-state index contributed by atoms with van der Waals surface area (Å²) in [5.41, 5.74) is -4.58. The molecule has 1 saturated heterocycles. The molecule has 3 aromatic rings. The number of carbonyl (C=O) groups excluding carboxylic acids is 5. The number of carboxylic acid groups (broad SMARTS) is 1. The molecule has 0 radical (unpaired) electrons. The monoisotopic (exact) mass is 1120 g/mol. The number of carbonyl (C=O) groups is 6. The molecule has 2 amide bonds. The van der Waals surface area contributed by atoms with Crippen molar-refractivity contribution in [2.24, 2.45) is 41.4 Å². The van der Waals surface area contributed by atoms with Crippen LogP contribution in [0.1, 0.15) is 178 Å². The summed E-state index contributed by atoms with van der Waals surface area (Å²) in [4.78, 5) is 67.9. The maximum absolute atomic E-state index is 12.4. The second kappa shape index (κ2) is 34.5. The first-order chi connectivity index (χ1) is 36.8. The Balaban J connectivity index is 0.000000335. The van der Waals surface area contributed by atoms with Crippen LogP contribution in [0, 0.1) is 41.4 Å². The molecule has 0 bridgehead atoms. The number of amides is 2. The van der Waals surface area contributed by atoms with Gasteiger partial charge < -0.3 is 29.2 Å². The van der Waals surface area contributed by atoms with Gasteiger partial charge in [0.15, 0.2) is 0 Å². The first-order valence-corrected chi connectivity index (χ1v) is 28.7. The number of hydrogen-bond donors (Lipinski definition) is 2. The quantitative estimate of drug-likeness (QED) is 0.0555. The Labute approximate surface area is 459 Å². The van der Waals surface area contributed by atoms with Gasteiger partial charge in [0.1, 0.15) is 6.61 Å². The summed E-state index contributed by atoms with van der Waals surface area (Å²) in [5.74, 6) is -0.428. The van der Waals surface area contributed by atoms with Crippen molar-refractivity contribution in [1.29, 1.82) is 0 Å². The number of fused-ring (bicyclic) bond motifs is 1. The molecule has 16 nitrogen and oxygen atoms in total. The smallest absolute Gasteiger partial charge is 0.481 e. The van der Waals surface area contributed by atoms with Crippen molar-refractivity contribution >= 4 is 56.6 Å². The Kier molecular flexibility index (Phi) is 30.4. The topological polar surface area (TPSA) is 226 Å². The molecule has 438 valence electrons. The largest absolute Gasteiger partial charge is 0.525 e. The molecule has 78 heavy (non-hydrogen) atoms. The van der Waals surface area contributed by atoms with Crippen LogP contribution in [0.15, 0.2) is 66.7 Å². The Bertz CT molecular complexity index is 2400. The number of halogens is 3. The van der Waals surface area contributed by atoms with Gasteiger partial charge in [0.2, 0.25) is 6.29 Å². The Morgan fingerprint density at radius 2 is 1.22 bits per heavy atom. The van der Waals surface area contributed by atoms with Crippen LogP contribution in [0.2, 0.25) is 0 Å². The van der Waals surface area contributed by atoms with Crippen LogP contribution >= 0.6 is 0 Å². The highest BCUT2D eigenvalue weighted by atomic mass is 32.2. The number of aliphatic hydroxyl groups excluding tert-OH is 1. The lowest BCUT2D eigenvalue weighted by atomic mass is 9.90. The first-order valence-electron chi connectivity index (χ1n) is 27.3. The average Bonchev–Trinajstić information content (AvgIpc) is 4.26. The SMILES string of the molecule is CCC(C)C(=O)O.CCC(C)C(=O)OC1CCCCO1.CCC(C)C(=O)OCC1CCC2CC2C1.CCC(C)C(=O)OCCO.CCC(C)c1ccccc1.O=C1c2cccc3cccc(c23)C(=O)N1OS(=O)(=O)C(F)(F)F. The Morgan fingerprint density at radius 1 is 0.679 bits per heavy atom. The van der Waals surface area contributed by atoms with Gasteiger partial charge in [-0.05, 0) is 117 Å². The van der Waals surface area contributed by atoms with E-state index in [9.17, 15) is 50.4 Å². The van der Waals surface area contributed by atoms with Crippen molar-refractivity contribution in [2.45, 2.75) is 164 Å². The number of imide groups is 1. The normalized spacial score (nSPS) is 20.1. The van der Waals surface area contributed by atoms with Crippen LogP contribution < -0.4 is 0 Å². The third-order valence-corrected chi connectivity index (χ3v) is 15.0. The van der Waals surface area contributed by atoms with E-state index in [1.165, 1.54) is 61.9 Å². The van der Waals surface area contributed by atoms with Crippen LogP contribution in [0.3, 0.4) is 0 Å². The molecule has 2 aliphatic carbocycles. The fourth-order valence-corrected chi connectivity index (χ4v) is 8.10. The molecule has 2 saturated carbocycles. The number of nitrogens with zero attached hydrogens (tertiary/aromatic N) is 1. The number of rotatable bonds is 17. The van der Waals surface area contributed by atoms with Crippen LogP contribution in [-0.4, -0.2) is 97.6 Å². The number of hydroxylamine groups is 2. The van der Waals surface area contributed by atoms with Crippen LogP contribution in [-0.2, 0) is 52.5 Å². The van der Waals surface area contributed by atoms with Crippen LogP contribution in [0.5, 0.6) is 0 Å². The minimum Gasteiger partial charge on any atom is -0.481 e. The second-order valence-electron chi connectivity index (χ2n) is 20.1. The fourth-order valence-electron chi connectivity index (χ4n) is 7.69. The van der Waals surface area contributed by atoms with E-state index in [1.54, 1.807) is 26.0 Å². The molecule has 7 rings (SSSR count). The molecular formula is C58H84F3NO15S. The number of hydrogen-bond acceptors (Lipinski definition) is 14. The molecule has 3 aromatic carbocycles. The zero-order valence-electron chi connectivity index (χ0n) is 47.1. The third-order valence-electron chi connectivity index (χ3n) is 14.1. The van der Waals surface area contributed by atoms with Crippen molar-refractivity contribution in [3.05, 3.63) is 83.4 Å². The van der Waals surface area contributed by atoms with Gasteiger partial charge in [-0.3, -0.25) is 28.8 Å². The number of ether oxygens (including phenoxy) is 4. The van der Waals surface area contributed by atoms with Gasteiger partial charge in [0.05, 0.1) is 54.6 Å². The summed E-state index contributed by atoms with van der Waals surface area (Å²) in [6.07, 6.45) is 12.6. The Morgan fingerprint density at radius 3 is 1.67 bits per heavy atom. The zero-order chi connectivity index (χ0) is 58.8. The molecule has 2 aliphatic heterocycles. The van der Waals surface area contributed by atoms with Gasteiger partial charge in [-0.15, -0.1) is 9.35 Å². The molecule has 4 aliphatic rings. The van der Waals surface area contributed by atoms with Crippen molar-refractivity contribution in [2.75, 3.05) is 26.4 Å². The van der Waals surface area contributed by atoms with E-state index < -0.39 is 33.4 Å². The predicted octanol–water partition coefficient (Wildman–Crippen LogP) is 12.2. The van der Waals surface area contributed by atoms with E-state index in [2.05, 4.69) is 53.2 Å². The lowest BCUT2D eigenvalue weighted by Gasteiger charge is -2.25. The summed E-state index contributed by atoms with van der Waals surface area (Å²) in [5, 5.41) is 16.8. The predicted molar refractivity (Wildman–Crippen MR) is 289 cm³/mol. The van der Waals surface area contributed by atoms with Gasteiger partial charge in [-0.25, -0.2) is 0 Å². The van der Waals surface area contributed by atoms with Crippen LogP contribution in [0.25, 0.3) is 10.8 Å². The van der Waals surface area contributed by atoms with E-state index in [4.69, 9.17) is 24.4 Å². The molecular weight excluding hydrogens is 1040 g/mol. The first kappa shape index (κ1) is 68.7. The molecule has 20 heteroatoms. The number of esters is 3. The molecule has 3 fully saturated rings. The molecule has 2 heterocycles. The summed E-state index contributed by atoms with van der Waals surface area (Å²) >= 11 is 0. The number of alkyl halides is 3. The highest BCUT2D eigenvalue weighted by molar-refractivity contribution is 7.87. The summed E-state index contributed by atoms with van der Waals surface area (Å²) in [7, 11) is -6.15. The van der Waals surface area contributed by atoms with E-state index >= 15 is 0 Å². The van der Waals surface area contributed by atoms with E-state index in [-0.39, 0.29) is 82.7 Å². The molecule has 0 spiro atoms. The van der Waals surface area contributed by atoms with Gasteiger partial charge in [-0.2, -0.15) is 21.6 Å². The number of benzene rings is 3. The summed E-state index contributed by atoms with van der Waals surface area (Å²) in [6, 6.07) is 19.3. The van der Waals surface area contributed by atoms with Crippen molar-refractivity contribution < 1.29 is 83.8 Å². The van der Waals surface area contributed by atoms with Crippen molar-refractivity contribution in [3.63, 3.8) is 0 Å². The molecule has 9 unspecified atom stereocenters. The highest BCUT2D eigenvalue weighted by Crippen LogP contribution is 2.51. The summed E-state index contributed by atoms with van der Waals surface area (Å²) < 4.78 is 83.6. The molecule has 9 atom stereocenters. The summed E-state index contributed by atoms with van der Waals surface area (Å²) in [6.45, 7) is 21.0. The van der Waals surface area contributed by atoms with Crippen molar-refractivity contribution in [3.8, 4) is 0 Å². The minimum atomic E-state index is -6.15. The van der Waals surface area contributed by atoms with Gasteiger partial charge in [-0.1, -0.05) is 124 Å². The van der Waals surface area contributed by atoms with E-state index in [0.29, 0.717) is 23.8 Å². The molecule has 0 aromatic heterocycles. The number of aliphatic carboxylic acids is 1. The van der Waals surface area contributed by atoms with Gasteiger partial charge in [0.25, 0.3) is 11.8 Å². The Hall–Kier alpha value is -5.44. The second-order valence-corrected chi connectivity index (χ2v) is 21.6. The highest BCUT2D eigenvalue weighted by Gasteiger charge is 2.51. The van der Waals surface area contributed by atoms with Gasteiger partial charge >= 0.3 is 39.5 Å². The fraction of sp³-hybridized carbons (Fsp3) is 0.621. The molecule has 2 N–H and O–H groups in total. The lowest BCUT2D eigenvalue weighted by Crippen LogP contribution is -2.44. The third kappa shape index (κ3) is 22.7. The van der Waals surface area contributed by atoms with E-state index in [0.717, 1.165) is 63.4 Å².